The summed E-state index contributed by atoms with van der Waals surface area (Å²) in [5.74, 6) is -1.35. The van der Waals surface area contributed by atoms with Crippen LogP contribution >= 0.6 is 11.6 Å². The number of benzene rings is 2. The van der Waals surface area contributed by atoms with Crippen molar-refractivity contribution < 1.29 is 31.6 Å². The maximum atomic E-state index is 13.9. The number of amides is 1. The van der Waals surface area contributed by atoms with Gasteiger partial charge < -0.3 is 19.1 Å². The lowest BCUT2D eigenvalue weighted by Gasteiger charge is -2.09. The Morgan fingerprint density at radius 2 is 1.91 bits per heavy atom. The number of hydrogen-bond acceptors (Lipinski definition) is 5. The molecule has 170 valence electrons. The number of rotatable bonds is 6. The third-order valence-electron chi connectivity index (χ3n) is 4.34. The standard InChI is InChI=1S/C21H13ClF4N4O3/c22-13-5-8-16(15(23)10-13)27-18(31)11-30-9-1-2-17(30)20-28-19(29-33-20)12-3-6-14(7-4-12)32-21(24,25)26/h1-10H,11H2,(H,27,31). The van der Waals surface area contributed by atoms with E-state index in [1.807, 2.05) is 0 Å². The number of carbonyl (C=O) groups excluding carboxylic acids is 1. The van der Waals surface area contributed by atoms with Gasteiger partial charge in [0, 0.05) is 16.8 Å². The van der Waals surface area contributed by atoms with Crippen LogP contribution < -0.4 is 10.1 Å². The normalized spacial score (nSPS) is 11.4. The number of aromatic nitrogens is 3. The Kier molecular flexibility index (Phi) is 6.05. The Hall–Kier alpha value is -3.86. The van der Waals surface area contributed by atoms with Crippen LogP contribution in [0.5, 0.6) is 5.75 Å². The molecule has 0 saturated carbocycles. The largest absolute Gasteiger partial charge is 0.573 e. The van der Waals surface area contributed by atoms with E-state index in [2.05, 4.69) is 20.2 Å². The number of nitrogens with zero attached hydrogens (tertiary/aromatic N) is 3. The lowest BCUT2D eigenvalue weighted by molar-refractivity contribution is -0.274. The number of alkyl halides is 3. The van der Waals surface area contributed by atoms with Crippen LogP contribution in [0.1, 0.15) is 0 Å². The zero-order valence-electron chi connectivity index (χ0n) is 16.4. The van der Waals surface area contributed by atoms with Crippen LogP contribution in [0, 0.1) is 5.82 Å². The molecular weight excluding hydrogens is 468 g/mol. The molecule has 4 rings (SSSR count). The smallest absolute Gasteiger partial charge is 0.406 e. The molecule has 0 atom stereocenters. The topological polar surface area (TPSA) is 82.2 Å². The molecule has 0 bridgehead atoms. The Morgan fingerprint density at radius 3 is 2.61 bits per heavy atom. The summed E-state index contributed by atoms with van der Waals surface area (Å²) in [7, 11) is 0. The van der Waals surface area contributed by atoms with Gasteiger partial charge in [-0.2, -0.15) is 4.98 Å². The Bertz CT molecular complexity index is 1290. The second-order valence-electron chi connectivity index (χ2n) is 6.69. The fraction of sp³-hybridized carbons (Fsp3) is 0.0952. The van der Waals surface area contributed by atoms with Gasteiger partial charge in [0.15, 0.2) is 0 Å². The third-order valence-corrected chi connectivity index (χ3v) is 4.58. The number of hydrogen-bond donors (Lipinski definition) is 1. The van der Waals surface area contributed by atoms with E-state index in [-0.39, 0.29) is 34.7 Å². The Balaban J connectivity index is 1.47. The van der Waals surface area contributed by atoms with E-state index in [9.17, 15) is 22.4 Å². The van der Waals surface area contributed by atoms with Crippen LogP contribution in [0.25, 0.3) is 23.0 Å². The van der Waals surface area contributed by atoms with E-state index in [1.165, 1.54) is 28.8 Å². The number of ether oxygens (including phenoxy) is 1. The molecule has 0 spiro atoms. The minimum Gasteiger partial charge on any atom is -0.406 e. The quantitative estimate of drug-likeness (QED) is 0.367. The Morgan fingerprint density at radius 1 is 1.15 bits per heavy atom. The molecule has 0 saturated heterocycles. The zero-order chi connectivity index (χ0) is 23.6. The summed E-state index contributed by atoms with van der Waals surface area (Å²) >= 11 is 5.71. The summed E-state index contributed by atoms with van der Waals surface area (Å²) in [5, 5.41) is 6.49. The van der Waals surface area contributed by atoms with E-state index < -0.39 is 18.1 Å². The molecule has 0 unspecified atom stereocenters. The predicted molar refractivity (Wildman–Crippen MR) is 110 cm³/mol. The number of nitrogens with one attached hydrogen (secondary N) is 1. The molecule has 2 heterocycles. The minimum absolute atomic E-state index is 0.0175. The van der Waals surface area contributed by atoms with Gasteiger partial charge >= 0.3 is 6.36 Å². The van der Waals surface area contributed by atoms with E-state index in [0.717, 1.165) is 18.2 Å². The van der Waals surface area contributed by atoms with E-state index in [1.54, 1.807) is 18.3 Å². The van der Waals surface area contributed by atoms with E-state index >= 15 is 0 Å². The first-order valence-electron chi connectivity index (χ1n) is 9.28. The molecule has 1 amide bonds. The Labute approximate surface area is 188 Å². The molecule has 12 heteroatoms. The van der Waals surface area contributed by atoms with Gasteiger partial charge in [-0.05, 0) is 54.6 Å². The van der Waals surface area contributed by atoms with Crippen molar-refractivity contribution in [3.05, 3.63) is 71.6 Å². The fourth-order valence-electron chi connectivity index (χ4n) is 2.93. The molecule has 0 radical (unpaired) electrons. The predicted octanol–water partition coefficient (Wildman–Crippen LogP) is 5.53. The summed E-state index contributed by atoms with van der Waals surface area (Å²) in [6.07, 6.45) is -3.20. The average Bonchev–Trinajstić information content (AvgIpc) is 3.39. The van der Waals surface area contributed by atoms with Crippen molar-refractivity contribution >= 4 is 23.2 Å². The van der Waals surface area contributed by atoms with E-state index in [0.29, 0.717) is 11.3 Å². The first-order chi connectivity index (χ1) is 15.7. The minimum atomic E-state index is -4.79. The van der Waals surface area contributed by atoms with Gasteiger partial charge in [0.2, 0.25) is 11.7 Å². The highest BCUT2D eigenvalue weighted by Crippen LogP contribution is 2.27. The molecule has 0 aliphatic carbocycles. The van der Waals surface area contributed by atoms with Crippen molar-refractivity contribution in [2.75, 3.05) is 5.32 Å². The number of halogens is 5. The molecule has 1 N–H and O–H groups in total. The summed E-state index contributed by atoms with van der Waals surface area (Å²) in [4.78, 5) is 16.6. The van der Waals surface area contributed by atoms with Crippen molar-refractivity contribution in [3.8, 4) is 28.7 Å². The van der Waals surface area contributed by atoms with Crippen molar-refractivity contribution in [2.45, 2.75) is 12.9 Å². The summed E-state index contributed by atoms with van der Waals surface area (Å²) < 4.78 is 61.4. The maximum absolute atomic E-state index is 13.9. The zero-order valence-corrected chi connectivity index (χ0v) is 17.2. The third kappa shape index (κ3) is 5.50. The lowest BCUT2D eigenvalue weighted by Crippen LogP contribution is -2.19. The fourth-order valence-corrected chi connectivity index (χ4v) is 3.09. The molecule has 2 aromatic carbocycles. The maximum Gasteiger partial charge on any atom is 0.573 e. The molecule has 0 fully saturated rings. The number of anilines is 1. The summed E-state index contributed by atoms with van der Waals surface area (Å²) in [5.41, 5.74) is 0.794. The number of carbonyl (C=O) groups is 1. The summed E-state index contributed by atoms with van der Waals surface area (Å²) in [6.45, 7) is -0.175. The van der Waals surface area contributed by atoms with Crippen LogP contribution in [0.2, 0.25) is 5.02 Å². The van der Waals surface area contributed by atoms with Crippen molar-refractivity contribution in [3.63, 3.8) is 0 Å². The van der Waals surface area contributed by atoms with Gasteiger partial charge in [-0.25, -0.2) is 4.39 Å². The molecular formula is C21H13ClF4N4O3. The lowest BCUT2D eigenvalue weighted by atomic mass is 10.2. The highest BCUT2D eigenvalue weighted by atomic mass is 35.5. The highest BCUT2D eigenvalue weighted by Gasteiger charge is 2.31. The molecule has 0 aliphatic rings. The summed E-state index contributed by atoms with van der Waals surface area (Å²) in [6, 6.07) is 12.1. The van der Waals surface area contributed by atoms with Gasteiger partial charge in [0.05, 0.1) is 5.69 Å². The monoisotopic (exact) mass is 480 g/mol. The first kappa shape index (κ1) is 22.3. The van der Waals surface area contributed by atoms with E-state index in [4.69, 9.17) is 16.1 Å². The van der Waals surface area contributed by atoms with Gasteiger partial charge in [0.25, 0.3) is 5.89 Å². The SMILES string of the molecule is O=C(Cn1cccc1-c1nc(-c2ccc(OC(F)(F)F)cc2)no1)Nc1ccc(Cl)cc1F. The van der Waals surface area contributed by atoms with Crippen molar-refractivity contribution in [1.82, 2.24) is 14.7 Å². The van der Waals surface area contributed by atoms with Gasteiger partial charge in [-0.15, -0.1) is 13.2 Å². The van der Waals surface area contributed by atoms with Crippen molar-refractivity contribution in [1.29, 1.82) is 0 Å². The van der Waals surface area contributed by atoms with Crippen LogP contribution in [0.4, 0.5) is 23.2 Å². The van der Waals surface area contributed by atoms with Gasteiger partial charge in [-0.3, -0.25) is 4.79 Å². The van der Waals surface area contributed by atoms with Crippen molar-refractivity contribution in [2.24, 2.45) is 0 Å². The molecule has 2 aromatic heterocycles. The van der Waals surface area contributed by atoms with Crippen LogP contribution in [-0.4, -0.2) is 27.0 Å². The van der Waals surface area contributed by atoms with Crippen LogP contribution in [-0.2, 0) is 11.3 Å². The second-order valence-corrected chi connectivity index (χ2v) is 7.13. The molecule has 7 nitrogen and oxygen atoms in total. The average molecular weight is 481 g/mol. The van der Waals surface area contributed by atoms with Crippen LogP contribution in [0.15, 0.2) is 65.3 Å². The van der Waals surface area contributed by atoms with Gasteiger partial charge in [-0.1, -0.05) is 16.8 Å². The van der Waals surface area contributed by atoms with Gasteiger partial charge in [0.1, 0.15) is 23.8 Å². The second kappa shape index (κ2) is 8.94. The molecule has 33 heavy (non-hydrogen) atoms. The van der Waals surface area contributed by atoms with Crippen LogP contribution in [0.3, 0.4) is 0 Å². The first-order valence-corrected chi connectivity index (χ1v) is 9.66. The molecule has 4 aromatic rings. The highest BCUT2D eigenvalue weighted by molar-refractivity contribution is 6.30. The molecule has 0 aliphatic heterocycles.